The van der Waals surface area contributed by atoms with Crippen LogP contribution in [0.2, 0.25) is 0 Å². The van der Waals surface area contributed by atoms with E-state index in [4.69, 9.17) is 9.15 Å². The fourth-order valence-corrected chi connectivity index (χ4v) is 5.94. The van der Waals surface area contributed by atoms with Crippen molar-refractivity contribution in [3.05, 3.63) is 68.9 Å². The van der Waals surface area contributed by atoms with E-state index in [0.29, 0.717) is 36.3 Å². The van der Waals surface area contributed by atoms with E-state index in [2.05, 4.69) is 4.18 Å². The molecule has 40 heavy (non-hydrogen) atoms. The van der Waals surface area contributed by atoms with Gasteiger partial charge in [-0.3, -0.25) is 13.8 Å². The Bertz CT molecular complexity index is 1640. The lowest BCUT2D eigenvalue weighted by molar-refractivity contribution is 0.0525. The van der Waals surface area contributed by atoms with Gasteiger partial charge in [0.1, 0.15) is 23.0 Å². The number of anilines is 2. The molecule has 0 bridgehead atoms. The Kier molecular flexibility index (Phi) is 7.55. The summed E-state index contributed by atoms with van der Waals surface area (Å²) in [6.07, 6.45) is -0.324. The van der Waals surface area contributed by atoms with Gasteiger partial charge in [0.25, 0.3) is 16.0 Å². The first kappa shape index (κ1) is 28.0. The Morgan fingerprint density at radius 3 is 2.65 bits per heavy atom. The first-order valence-corrected chi connectivity index (χ1v) is 14.2. The Balaban J connectivity index is 1.57. The zero-order valence-electron chi connectivity index (χ0n) is 22.3. The number of halogens is 2. The summed E-state index contributed by atoms with van der Waals surface area (Å²) in [5.41, 5.74) is 1.41. The van der Waals surface area contributed by atoms with E-state index < -0.39 is 33.3 Å². The van der Waals surface area contributed by atoms with Crippen molar-refractivity contribution in [3.8, 4) is 0 Å². The number of rotatable bonds is 7. The number of nitrogens with zero attached hydrogens (tertiary/aromatic N) is 3. The summed E-state index contributed by atoms with van der Waals surface area (Å²) in [5, 5.41) is 0.183. The van der Waals surface area contributed by atoms with E-state index in [-0.39, 0.29) is 53.8 Å². The quantitative estimate of drug-likeness (QED) is 0.392. The van der Waals surface area contributed by atoms with Crippen molar-refractivity contribution in [1.29, 1.82) is 0 Å². The maximum absolute atomic E-state index is 14.4. The lowest BCUT2D eigenvalue weighted by Gasteiger charge is -2.33. The van der Waals surface area contributed by atoms with E-state index in [9.17, 15) is 26.8 Å². The molecule has 0 spiro atoms. The van der Waals surface area contributed by atoms with Crippen molar-refractivity contribution >= 4 is 38.6 Å². The zero-order valence-corrected chi connectivity index (χ0v) is 23.1. The molecule has 0 N–H and O–H groups in total. The largest absolute Gasteiger partial charge is 0.440 e. The molecule has 3 heterocycles. The van der Waals surface area contributed by atoms with Crippen LogP contribution in [0.25, 0.3) is 11.0 Å². The average molecular weight is 578 g/mol. The summed E-state index contributed by atoms with van der Waals surface area (Å²) in [6, 6.07) is 6.53. The lowest BCUT2D eigenvalue weighted by atomic mass is 10.0. The Morgan fingerprint density at radius 2 is 1.93 bits per heavy atom. The van der Waals surface area contributed by atoms with E-state index in [1.54, 1.807) is 30.0 Å². The molecule has 0 aliphatic carbocycles. The molecular weight excluding hydrogens is 548 g/mol. The van der Waals surface area contributed by atoms with Crippen molar-refractivity contribution in [2.75, 3.05) is 63.0 Å². The summed E-state index contributed by atoms with van der Waals surface area (Å²) in [6.45, 7) is 1.23. The highest BCUT2D eigenvalue weighted by molar-refractivity contribution is 7.86. The summed E-state index contributed by atoms with van der Waals surface area (Å²) >= 11 is 0. The van der Waals surface area contributed by atoms with Gasteiger partial charge in [0.2, 0.25) is 0 Å². The smallest absolute Gasteiger partial charge is 0.269 e. The molecule has 0 radical (unpaired) electrons. The molecule has 214 valence electrons. The van der Waals surface area contributed by atoms with Crippen molar-refractivity contribution in [1.82, 2.24) is 4.90 Å². The van der Waals surface area contributed by atoms with Gasteiger partial charge in [-0.25, -0.2) is 8.78 Å². The normalized spacial score (nSPS) is 17.4. The van der Waals surface area contributed by atoms with Crippen molar-refractivity contribution in [2.45, 2.75) is 19.1 Å². The van der Waals surface area contributed by atoms with E-state index in [1.165, 1.54) is 23.1 Å². The number of morpholine rings is 1. The third-order valence-electron chi connectivity index (χ3n) is 7.11. The molecule has 0 unspecified atom stereocenters. The number of fused-ring (bicyclic) bond motifs is 2. The minimum Gasteiger partial charge on any atom is -0.440 e. The van der Waals surface area contributed by atoms with Crippen LogP contribution in [0.3, 0.4) is 0 Å². The molecule has 0 saturated carbocycles. The highest BCUT2D eigenvalue weighted by Crippen LogP contribution is 2.34. The van der Waals surface area contributed by atoms with Crippen LogP contribution in [0.1, 0.15) is 21.5 Å². The first-order chi connectivity index (χ1) is 19.0. The van der Waals surface area contributed by atoms with Crippen molar-refractivity contribution < 1.29 is 35.3 Å². The molecule has 1 fully saturated rings. The van der Waals surface area contributed by atoms with Crippen molar-refractivity contribution in [3.63, 3.8) is 0 Å². The average Bonchev–Trinajstić information content (AvgIpc) is 3.30. The van der Waals surface area contributed by atoms with Crippen molar-refractivity contribution in [2.24, 2.45) is 0 Å². The SMILES string of the molecule is COS(=O)(=O)C[C@@H]1CN(c2cc(=O)c3cc(C(=O)N(C)C)cc(CN4CCc5c(F)cc(F)cc54)c3o2)CCO1. The molecule has 1 atom stereocenters. The molecule has 2 aliphatic heterocycles. The number of carbonyl (C=O) groups excluding carboxylic acids is 1. The summed E-state index contributed by atoms with van der Waals surface area (Å²) in [5.74, 6) is -1.78. The second kappa shape index (κ2) is 10.8. The summed E-state index contributed by atoms with van der Waals surface area (Å²) in [7, 11) is 0.495. The van der Waals surface area contributed by atoms with Gasteiger partial charge >= 0.3 is 0 Å². The predicted octanol–water partition coefficient (Wildman–Crippen LogP) is 2.52. The molecule has 2 aliphatic rings. The third kappa shape index (κ3) is 5.54. The van der Waals surface area contributed by atoms with Gasteiger partial charge in [-0.15, -0.1) is 0 Å². The number of hydrogen-bond acceptors (Lipinski definition) is 9. The molecule has 13 heteroatoms. The second-order valence-corrected chi connectivity index (χ2v) is 11.8. The lowest BCUT2D eigenvalue weighted by Crippen LogP contribution is -2.45. The van der Waals surface area contributed by atoms with E-state index >= 15 is 0 Å². The number of amides is 1. The van der Waals surface area contributed by atoms with Gasteiger partial charge in [-0.2, -0.15) is 8.42 Å². The Morgan fingerprint density at radius 1 is 1.15 bits per heavy atom. The third-order valence-corrected chi connectivity index (χ3v) is 8.40. The monoisotopic (exact) mass is 577 g/mol. The maximum atomic E-state index is 14.4. The van der Waals surface area contributed by atoms with Gasteiger partial charge in [0.05, 0.1) is 25.2 Å². The highest BCUT2D eigenvalue weighted by atomic mass is 32.2. The molecular formula is C27H29F2N3O7S. The van der Waals surface area contributed by atoms with Crippen LogP contribution >= 0.6 is 0 Å². The standard InChI is InChI=1S/C27H29F2N3O7S/c1-30(2)27(34)16-8-17(13-31-5-4-20-22(29)10-18(28)11-23(20)31)26-21(9-16)24(33)12-25(39-26)32-6-7-38-19(14-32)15-40(35,36)37-3/h8-12,19H,4-7,13-15H2,1-3H3/t19-/m0/s1. The van der Waals surface area contributed by atoms with Gasteiger partial charge in [-0.1, -0.05) is 0 Å². The molecule has 1 aromatic heterocycles. The van der Waals surface area contributed by atoms with Crippen LogP contribution in [-0.4, -0.2) is 78.5 Å². The first-order valence-electron chi connectivity index (χ1n) is 12.7. The molecule has 1 amide bonds. The van der Waals surface area contributed by atoms with Crippen LogP contribution in [0.5, 0.6) is 0 Å². The molecule has 2 aromatic carbocycles. The topological polar surface area (TPSA) is 110 Å². The summed E-state index contributed by atoms with van der Waals surface area (Å²) < 4.78 is 68.7. The summed E-state index contributed by atoms with van der Waals surface area (Å²) in [4.78, 5) is 31.1. The zero-order chi connectivity index (χ0) is 28.8. The van der Waals surface area contributed by atoms with Crippen LogP contribution < -0.4 is 15.2 Å². The van der Waals surface area contributed by atoms with E-state index in [1.807, 2.05) is 0 Å². The van der Waals surface area contributed by atoms with Gasteiger partial charge in [0.15, 0.2) is 11.3 Å². The van der Waals surface area contributed by atoms with Gasteiger partial charge < -0.3 is 23.9 Å². The van der Waals surface area contributed by atoms with Crippen LogP contribution in [0.4, 0.5) is 20.4 Å². The predicted molar refractivity (Wildman–Crippen MR) is 144 cm³/mol. The highest BCUT2D eigenvalue weighted by Gasteiger charge is 2.29. The van der Waals surface area contributed by atoms with Crippen LogP contribution in [-0.2, 0) is 32.0 Å². The van der Waals surface area contributed by atoms with Gasteiger partial charge in [-0.05, 0) is 24.6 Å². The molecule has 5 rings (SSSR count). The number of hydrogen-bond donors (Lipinski definition) is 0. The minimum atomic E-state index is -3.78. The van der Waals surface area contributed by atoms with E-state index in [0.717, 1.165) is 13.2 Å². The fraction of sp³-hybridized carbons (Fsp3) is 0.407. The molecule has 1 saturated heterocycles. The second-order valence-electron chi connectivity index (χ2n) is 10.0. The van der Waals surface area contributed by atoms with Crippen LogP contribution in [0, 0.1) is 11.6 Å². The number of benzene rings is 2. The Hall–Kier alpha value is -3.55. The number of ether oxygens (including phenoxy) is 1. The molecule has 10 nitrogen and oxygen atoms in total. The Labute approximate surface area is 229 Å². The fourth-order valence-electron chi connectivity index (χ4n) is 5.14. The van der Waals surface area contributed by atoms with Crippen LogP contribution in [0.15, 0.2) is 39.5 Å². The maximum Gasteiger partial charge on any atom is 0.269 e. The minimum absolute atomic E-state index is 0.130. The van der Waals surface area contributed by atoms with Gasteiger partial charge in [0, 0.05) is 74.8 Å². The number of carbonyl (C=O) groups is 1. The molecule has 3 aromatic rings.